The van der Waals surface area contributed by atoms with E-state index in [1.165, 1.54) is 30.0 Å². The minimum Gasteiger partial charge on any atom is -0.453 e. The summed E-state index contributed by atoms with van der Waals surface area (Å²) in [7, 11) is -3.44. The first-order valence-electron chi connectivity index (χ1n) is 8.67. The number of hydrogen-bond donors (Lipinski definition) is 3. The van der Waals surface area contributed by atoms with Crippen molar-refractivity contribution in [2.75, 3.05) is 25.0 Å². The summed E-state index contributed by atoms with van der Waals surface area (Å²) in [6.45, 7) is -0.407. The van der Waals surface area contributed by atoms with E-state index in [0.29, 0.717) is 17.3 Å². The maximum Gasteiger partial charge on any atom is 0.432 e. The van der Waals surface area contributed by atoms with Gasteiger partial charge < -0.3 is 15.0 Å². The molecule has 0 bridgehead atoms. The molecule has 0 saturated carbocycles. The normalized spacial score (nSPS) is 12.5. The van der Waals surface area contributed by atoms with Crippen molar-refractivity contribution >= 4 is 39.0 Å². The fourth-order valence-corrected chi connectivity index (χ4v) is 3.32. The van der Waals surface area contributed by atoms with Crippen molar-refractivity contribution in [3.8, 4) is 11.3 Å². The van der Waals surface area contributed by atoms with E-state index in [0.717, 1.165) is 6.26 Å². The Morgan fingerprint density at radius 3 is 2.61 bits per heavy atom. The predicted octanol–water partition coefficient (Wildman–Crippen LogP) is 3.46. The SMILES string of the molecule is CSCOC(=O)CN/C(=C\C(=N)C(F)(F)F)c1ccc(-c2cccc(S(C)(=O)=O)c2)[nH]1. The number of alkyl halides is 3. The van der Waals surface area contributed by atoms with Crippen LogP contribution in [-0.4, -0.2) is 56.3 Å². The molecule has 2 aromatic rings. The molecule has 0 aliphatic carbocycles. The third kappa shape index (κ3) is 7.17. The Kier molecular flexibility index (Phi) is 7.96. The number of allylic oxidation sites excluding steroid dienone is 1. The lowest BCUT2D eigenvalue weighted by molar-refractivity contribution is -0.140. The fraction of sp³-hybridized carbons (Fsp3) is 0.263. The first-order valence-corrected chi connectivity index (χ1v) is 12.0. The maximum atomic E-state index is 12.9. The lowest BCUT2D eigenvalue weighted by atomic mass is 10.2. The predicted molar refractivity (Wildman–Crippen MR) is 114 cm³/mol. The summed E-state index contributed by atoms with van der Waals surface area (Å²) in [5, 5.41) is 9.80. The van der Waals surface area contributed by atoms with E-state index in [2.05, 4.69) is 10.3 Å². The molecule has 0 spiro atoms. The number of esters is 1. The highest BCUT2D eigenvalue weighted by Gasteiger charge is 2.33. The Balaban J connectivity index is 2.35. The molecule has 0 aliphatic rings. The molecule has 3 N–H and O–H groups in total. The van der Waals surface area contributed by atoms with E-state index in [1.807, 2.05) is 0 Å². The number of ether oxygens (including phenoxy) is 1. The quantitative estimate of drug-likeness (QED) is 0.291. The lowest BCUT2D eigenvalue weighted by Crippen LogP contribution is -2.26. The molecule has 12 heteroatoms. The average Bonchev–Trinajstić information content (AvgIpc) is 3.18. The van der Waals surface area contributed by atoms with Crippen LogP contribution < -0.4 is 5.32 Å². The Bertz CT molecular complexity index is 1090. The van der Waals surface area contributed by atoms with E-state index in [9.17, 15) is 26.4 Å². The molecule has 1 aromatic heterocycles. The zero-order chi connectivity index (χ0) is 23.2. The molecule has 0 fully saturated rings. The number of carbonyl (C=O) groups excluding carboxylic acids is 1. The number of aromatic amines is 1. The second kappa shape index (κ2) is 10.1. The van der Waals surface area contributed by atoms with Crippen LogP contribution in [0.3, 0.4) is 0 Å². The summed E-state index contributed by atoms with van der Waals surface area (Å²) in [5.74, 6) is -0.576. The topological polar surface area (TPSA) is 112 Å². The van der Waals surface area contributed by atoms with Crippen molar-refractivity contribution in [1.82, 2.24) is 10.3 Å². The van der Waals surface area contributed by atoms with Gasteiger partial charge in [-0.05, 0) is 42.2 Å². The van der Waals surface area contributed by atoms with Gasteiger partial charge in [0.1, 0.15) is 18.2 Å². The standard InChI is InChI=1S/C19H20F3N3O4S2/c1-30-11-29-18(26)10-24-16(9-17(23)19(20,21)22)15-7-6-14(25-15)12-4-3-5-13(8-12)31(2,27)28/h3-9,23-25H,10-11H2,1-2H3/b16-9-,23-17?. The molecule has 7 nitrogen and oxygen atoms in total. The number of benzene rings is 1. The van der Waals surface area contributed by atoms with Gasteiger partial charge in [-0.1, -0.05) is 12.1 Å². The van der Waals surface area contributed by atoms with Crippen LogP contribution in [-0.2, 0) is 19.4 Å². The second-order valence-corrected chi connectivity index (χ2v) is 9.16. The summed E-state index contributed by atoms with van der Waals surface area (Å²) in [4.78, 5) is 14.7. The Morgan fingerprint density at radius 1 is 1.29 bits per heavy atom. The Hall–Kier alpha value is -2.73. The summed E-state index contributed by atoms with van der Waals surface area (Å²) in [6, 6.07) is 9.05. The molecule has 0 unspecified atom stereocenters. The van der Waals surface area contributed by atoms with Crippen LogP contribution in [0.15, 0.2) is 47.4 Å². The number of nitrogens with one attached hydrogen (secondary N) is 3. The number of H-pyrrole nitrogens is 1. The Morgan fingerprint density at radius 2 is 2.00 bits per heavy atom. The van der Waals surface area contributed by atoms with Crippen molar-refractivity contribution in [3.05, 3.63) is 48.2 Å². The summed E-state index contributed by atoms with van der Waals surface area (Å²) in [5.41, 5.74) is -0.640. The summed E-state index contributed by atoms with van der Waals surface area (Å²) in [6.07, 6.45) is -1.53. The molecule has 1 heterocycles. The third-order valence-corrected chi connectivity index (χ3v) is 5.37. The van der Waals surface area contributed by atoms with Crippen LogP contribution in [0, 0.1) is 5.41 Å². The molecule has 1 aromatic carbocycles. The number of sulfone groups is 1. The number of thioether (sulfide) groups is 1. The van der Waals surface area contributed by atoms with Crippen LogP contribution in [0.5, 0.6) is 0 Å². The summed E-state index contributed by atoms with van der Waals surface area (Å²) >= 11 is 1.26. The van der Waals surface area contributed by atoms with Crippen molar-refractivity contribution < 1.29 is 31.1 Å². The van der Waals surface area contributed by atoms with Gasteiger partial charge >= 0.3 is 12.1 Å². The van der Waals surface area contributed by atoms with E-state index in [-0.39, 0.29) is 22.2 Å². The molecular formula is C19H20F3N3O4S2. The molecular weight excluding hydrogens is 455 g/mol. The number of hydrogen-bond acceptors (Lipinski definition) is 7. The van der Waals surface area contributed by atoms with Crippen LogP contribution in [0.25, 0.3) is 17.0 Å². The van der Waals surface area contributed by atoms with Gasteiger partial charge in [-0.25, -0.2) is 8.42 Å². The second-order valence-electron chi connectivity index (χ2n) is 6.33. The number of halogens is 3. The first-order chi connectivity index (χ1) is 14.4. The monoisotopic (exact) mass is 475 g/mol. The fourth-order valence-electron chi connectivity index (χ4n) is 2.41. The molecule has 0 saturated heterocycles. The van der Waals surface area contributed by atoms with Gasteiger partial charge in [0.15, 0.2) is 9.84 Å². The van der Waals surface area contributed by atoms with Crippen LogP contribution in [0.2, 0.25) is 0 Å². The van der Waals surface area contributed by atoms with Gasteiger partial charge in [0, 0.05) is 11.9 Å². The molecule has 0 amide bonds. The highest BCUT2D eigenvalue weighted by molar-refractivity contribution is 7.98. The van der Waals surface area contributed by atoms with Crippen molar-refractivity contribution in [1.29, 1.82) is 5.41 Å². The Labute approximate surface area is 181 Å². The van der Waals surface area contributed by atoms with Gasteiger partial charge in [-0.15, -0.1) is 11.8 Å². The number of carbonyl (C=O) groups is 1. The van der Waals surface area contributed by atoms with Gasteiger partial charge in [0.05, 0.1) is 16.3 Å². The minimum atomic E-state index is -4.87. The number of rotatable bonds is 9. The molecule has 31 heavy (non-hydrogen) atoms. The van der Waals surface area contributed by atoms with E-state index in [4.69, 9.17) is 10.1 Å². The van der Waals surface area contributed by atoms with Gasteiger partial charge in [-0.2, -0.15) is 13.2 Å². The highest BCUT2D eigenvalue weighted by atomic mass is 32.2. The molecule has 168 valence electrons. The number of aromatic nitrogens is 1. The highest BCUT2D eigenvalue weighted by Crippen LogP contribution is 2.25. The molecule has 0 aliphatic heterocycles. The zero-order valence-corrected chi connectivity index (χ0v) is 18.2. The van der Waals surface area contributed by atoms with Crippen molar-refractivity contribution in [3.63, 3.8) is 0 Å². The first kappa shape index (κ1) is 24.5. The molecule has 0 radical (unpaired) electrons. The average molecular weight is 476 g/mol. The maximum absolute atomic E-state index is 12.9. The van der Waals surface area contributed by atoms with Gasteiger partial charge in [-0.3, -0.25) is 10.2 Å². The van der Waals surface area contributed by atoms with Crippen LogP contribution >= 0.6 is 11.8 Å². The van der Waals surface area contributed by atoms with Gasteiger partial charge in [0.2, 0.25) is 0 Å². The third-order valence-electron chi connectivity index (χ3n) is 3.90. The van der Waals surface area contributed by atoms with E-state index >= 15 is 0 Å². The van der Waals surface area contributed by atoms with Gasteiger partial charge in [0.25, 0.3) is 0 Å². The van der Waals surface area contributed by atoms with E-state index < -0.39 is 34.2 Å². The lowest BCUT2D eigenvalue weighted by Gasteiger charge is -2.12. The zero-order valence-electron chi connectivity index (χ0n) is 16.5. The smallest absolute Gasteiger partial charge is 0.432 e. The van der Waals surface area contributed by atoms with E-state index in [1.54, 1.807) is 24.5 Å². The minimum absolute atomic E-state index is 0.0884. The summed E-state index contributed by atoms with van der Waals surface area (Å²) < 4.78 is 67.0. The van der Waals surface area contributed by atoms with Crippen molar-refractivity contribution in [2.24, 2.45) is 0 Å². The van der Waals surface area contributed by atoms with Crippen molar-refractivity contribution in [2.45, 2.75) is 11.1 Å². The molecule has 0 atom stereocenters. The van der Waals surface area contributed by atoms with Crippen LogP contribution in [0.1, 0.15) is 5.69 Å². The van der Waals surface area contributed by atoms with Crippen LogP contribution in [0.4, 0.5) is 13.2 Å². The molecule has 2 rings (SSSR count). The largest absolute Gasteiger partial charge is 0.453 e.